The highest BCUT2D eigenvalue weighted by Crippen LogP contribution is 2.29. The van der Waals surface area contributed by atoms with Gasteiger partial charge in [0, 0.05) is 5.92 Å². The Bertz CT molecular complexity index is 468. The predicted octanol–water partition coefficient (Wildman–Crippen LogP) is 4.00. The van der Waals surface area contributed by atoms with E-state index in [4.69, 9.17) is 4.74 Å². The molecule has 0 saturated heterocycles. The Kier molecular flexibility index (Phi) is 6.71. The van der Waals surface area contributed by atoms with Crippen molar-refractivity contribution >= 4 is 28.9 Å². The molecule has 0 saturated carbocycles. The summed E-state index contributed by atoms with van der Waals surface area (Å²) in [5.74, 6) is -0.410. The maximum atomic E-state index is 12.3. The van der Waals surface area contributed by atoms with Crippen LogP contribution in [-0.4, -0.2) is 19.0 Å². The van der Waals surface area contributed by atoms with E-state index in [1.165, 1.54) is 18.4 Å². The van der Waals surface area contributed by atoms with Crippen LogP contribution in [0.5, 0.6) is 0 Å². The van der Waals surface area contributed by atoms with Gasteiger partial charge in [-0.25, -0.2) is 4.79 Å². The van der Waals surface area contributed by atoms with E-state index in [1.54, 1.807) is 0 Å². The highest BCUT2D eigenvalue weighted by atomic mass is 32.1. The molecule has 0 aliphatic heterocycles. The molecule has 1 amide bonds. The fraction of sp³-hybridized carbons (Fsp3) is 0.600. The average molecular weight is 297 g/mol. The van der Waals surface area contributed by atoms with Crippen LogP contribution in [0.15, 0.2) is 5.38 Å². The van der Waals surface area contributed by atoms with Gasteiger partial charge in [0.2, 0.25) is 5.91 Å². The van der Waals surface area contributed by atoms with E-state index in [9.17, 15) is 9.59 Å². The number of methoxy groups -OCH3 is 1. The lowest BCUT2D eigenvalue weighted by molar-refractivity contribution is -0.120. The van der Waals surface area contributed by atoms with Crippen molar-refractivity contribution in [2.24, 2.45) is 5.92 Å². The van der Waals surface area contributed by atoms with Crippen LogP contribution in [0.4, 0.5) is 5.69 Å². The van der Waals surface area contributed by atoms with Crippen LogP contribution in [0.3, 0.4) is 0 Å². The first-order valence-corrected chi connectivity index (χ1v) is 7.90. The number of carbonyl (C=O) groups excluding carboxylic acids is 2. The third-order valence-electron chi connectivity index (χ3n) is 3.36. The van der Waals surface area contributed by atoms with Crippen LogP contribution in [0.1, 0.15) is 54.8 Å². The smallest absolute Gasteiger partial charge is 0.350 e. The molecular weight excluding hydrogens is 274 g/mol. The molecule has 1 rings (SSSR count). The van der Waals surface area contributed by atoms with Gasteiger partial charge in [-0.2, -0.15) is 0 Å². The second-order valence-electron chi connectivity index (χ2n) is 4.85. The topological polar surface area (TPSA) is 55.4 Å². The minimum Gasteiger partial charge on any atom is -0.465 e. The van der Waals surface area contributed by atoms with Gasteiger partial charge in [0.1, 0.15) is 4.88 Å². The molecule has 1 heterocycles. The maximum absolute atomic E-state index is 12.3. The fourth-order valence-electron chi connectivity index (χ4n) is 2.04. The Balaban J connectivity index is 2.84. The summed E-state index contributed by atoms with van der Waals surface area (Å²) in [4.78, 5) is 24.4. The minimum absolute atomic E-state index is 0.000234. The van der Waals surface area contributed by atoms with E-state index in [0.29, 0.717) is 10.6 Å². The molecule has 1 atom stereocenters. The second kappa shape index (κ2) is 8.04. The van der Waals surface area contributed by atoms with Crippen LogP contribution in [-0.2, 0) is 9.53 Å². The lowest BCUT2D eigenvalue weighted by Gasteiger charge is -2.15. The molecule has 0 radical (unpaired) electrons. The largest absolute Gasteiger partial charge is 0.465 e. The number of ether oxygens (including phenoxy) is 1. The van der Waals surface area contributed by atoms with E-state index < -0.39 is 5.97 Å². The lowest BCUT2D eigenvalue weighted by atomic mass is 9.98. The molecule has 0 aliphatic carbocycles. The van der Waals surface area contributed by atoms with Crippen molar-refractivity contribution in [2.75, 3.05) is 12.4 Å². The molecular formula is C15H23NO3S. The predicted molar refractivity (Wildman–Crippen MR) is 82.3 cm³/mol. The standard InChI is InChI=1S/C15H23NO3S/c1-5-7-8-11(6-2)14(17)16-12-10(3)9-20-13(12)15(18)19-4/h9,11H,5-8H2,1-4H3,(H,16,17). The SMILES string of the molecule is CCCCC(CC)C(=O)Nc1c(C)csc1C(=O)OC. The van der Waals surface area contributed by atoms with Gasteiger partial charge in [0.25, 0.3) is 0 Å². The molecule has 4 nitrogen and oxygen atoms in total. The molecule has 1 N–H and O–H groups in total. The zero-order valence-electron chi connectivity index (χ0n) is 12.6. The van der Waals surface area contributed by atoms with Crippen LogP contribution in [0.2, 0.25) is 0 Å². The van der Waals surface area contributed by atoms with Gasteiger partial charge in [-0.15, -0.1) is 11.3 Å². The number of anilines is 1. The van der Waals surface area contributed by atoms with Crippen molar-refractivity contribution in [3.05, 3.63) is 15.8 Å². The Morgan fingerprint density at radius 3 is 2.65 bits per heavy atom. The molecule has 0 aliphatic rings. The van der Waals surface area contributed by atoms with E-state index in [2.05, 4.69) is 12.2 Å². The molecule has 1 aromatic heterocycles. The summed E-state index contributed by atoms with van der Waals surface area (Å²) >= 11 is 1.30. The van der Waals surface area contributed by atoms with Crippen molar-refractivity contribution in [2.45, 2.75) is 46.5 Å². The van der Waals surface area contributed by atoms with E-state index in [-0.39, 0.29) is 11.8 Å². The van der Waals surface area contributed by atoms with Crippen LogP contribution in [0.25, 0.3) is 0 Å². The Morgan fingerprint density at radius 1 is 1.40 bits per heavy atom. The number of esters is 1. The monoisotopic (exact) mass is 297 g/mol. The highest BCUT2D eigenvalue weighted by Gasteiger charge is 2.22. The third kappa shape index (κ3) is 4.07. The minimum atomic E-state index is -0.403. The fourth-order valence-corrected chi connectivity index (χ4v) is 2.96. The molecule has 1 unspecified atom stereocenters. The summed E-state index contributed by atoms with van der Waals surface area (Å²) in [5, 5.41) is 4.76. The summed E-state index contributed by atoms with van der Waals surface area (Å²) < 4.78 is 4.74. The van der Waals surface area contributed by atoms with Gasteiger partial charge in [-0.05, 0) is 30.7 Å². The van der Waals surface area contributed by atoms with Gasteiger partial charge in [0.05, 0.1) is 12.8 Å². The quantitative estimate of drug-likeness (QED) is 0.774. The second-order valence-corrected chi connectivity index (χ2v) is 5.73. The zero-order chi connectivity index (χ0) is 15.1. The van der Waals surface area contributed by atoms with Crippen LogP contribution < -0.4 is 5.32 Å². The summed E-state index contributed by atoms with van der Waals surface area (Å²) in [7, 11) is 1.35. The number of hydrogen-bond acceptors (Lipinski definition) is 4. The molecule has 20 heavy (non-hydrogen) atoms. The number of aryl methyl sites for hydroxylation is 1. The van der Waals surface area contributed by atoms with Gasteiger partial charge in [0.15, 0.2) is 0 Å². The van der Waals surface area contributed by atoms with E-state index in [1.807, 2.05) is 19.2 Å². The van der Waals surface area contributed by atoms with Crippen LogP contribution in [0, 0.1) is 12.8 Å². The lowest BCUT2D eigenvalue weighted by Crippen LogP contribution is -2.23. The maximum Gasteiger partial charge on any atom is 0.350 e. The number of carbonyl (C=O) groups is 2. The van der Waals surface area contributed by atoms with Crippen molar-refractivity contribution in [3.63, 3.8) is 0 Å². The Labute approximate surface area is 124 Å². The highest BCUT2D eigenvalue weighted by molar-refractivity contribution is 7.12. The first-order chi connectivity index (χ1) is 9.54. The summed E-state index contributed by atoms with van der Waals surface area (Å²) in [5.41, 5.74) is 1.50. The first-order valence-electron chi connectivity index (χ1n) is 7.02. The Hall–Kier alpha value is -1.36. The number of unbranched alkanes of at least 4 members (excludes halogenated alkanes) is 1. The van der Waals surface area contributed by atoms with Crippen molar-refractivity contribution < 1.29 is 14.3 Å². The van der Waals surface area contributed by atoms with E-state index >= 15 is 0 Å². The average Bonchev–Trinajstić information content (AvgIpc) is 2.80. The van der Waals surface area contributed by atoms with Crippen molar-refractivity contribution in [1.29, 1.82) is 0 Å². The van der Waals surface area contributed by atoms with Gasteiger partial charge >= 0.3 is 5.97 Å². The molecule has 0 fully saturated rings. The number of nitrogens with one attached hydrogen (secondary N) is 1. The van der Waals surface area contributed by atoms with Gasteiger partial charge in [-0.3, -0.25) is 4.79 Å². The molecule has 0 spiro atoms. The number of amides is 1. The summed E-state index contributed by atoms with van der Waals surface area (Å²) in [6.45, 7) is 6.01. The molecule has 5 heteroatoms. The number of thiophene rings is 1. The normalized spacial score (nSPS) is 12.0. The van der Waals surface area contributed by atoms with Gasteiger partial charge in [-0.1, -0.05) is 26.7 Å². The van der Waals surface area contributed by atoms with Gasteiger partial charge < -0.3 is 10.1 Å². The summed E-state index contributed by atoms with van der Waals surface area (Å²) in [6.07, 6.45) is 3.81. The van der Waals surface area contributed by atoms with Crippen molar-refractivity contribution in [1.82, 2.24) is 0 Å². The zero-order valence-corrected chi connectivity index (χ0v) is 13.4. The summed E-state index contributed by atoms with van der Waals surface area (Å²) in [6, 6.07) is 0. The molecule has 0 aromatic carbocycles. The molecule has 1 aromatic rings. The van der Waals surface area contributed by atoms with Crippen LogP contribution >= 0.6 is 11.3 Å². The molecule has 112 valence electrons. The number of hydrogen-bond donors (Lipinski definition) is 1. The van der Waals surface area contributed by atoms with E-state index in [0.717, 1.165) is 31.2 Å². The third-order valence-corrected chi connectivity index (χ3v) is 4.44. The first kappa shape index (κ1) is 16.7. The van der Waals surface area contributed by atoms with Crippen molar-refractivity contribution in [3.8, 4) is 0 Å². The molecule has 0 bridgehead atoms. The Morgan fingerprint density at radius 2 is 2.10 bits per heavy atom. The number of rotatable bonds is 7.